The first-order valence-electron chi connectivity index (χ1n) is 4.31. The van der Waals surface area contributed by atoms with Crippen molar-refractivity contribution in [3.8, 4) is 0 Å². The molecule has 0 fully saturated rings. The molecule has 0 bridgehead atoms. The fraction of sp³-hybridized carbons (Fsp3) is 0.222. The van der Waals surface area contributed by atoms with E-state index in [0.717, 1.165) is 6.07 Å². The summed E-state index contributed by atoms with van der Waals surface area (Å²) in [6.45, 7) is 1.61. The highest BCUT2D eigenvalue weighted by Crippen LogP contribution is 2.22. The lowest BCUT2D eigenvalue weighted by molar-refractivity contribution is 0.0521. The number of carbonyl (C=O) groups is 1. The van der Waals surface area contributed by atoms with Crippen molar-refractivity contribution < 1.29 is 18.3 Å². The maximum atomic E-state index is 13.2. The molecule has 0 heterocycles. The van der Waals surface area contributed by atoms with E-state index in [2.05, 4.69) is 14.8 Å². The number of rotatable bonds is 3. The number of hydrogen-bond acceptors (Lipinski definition) is 3. The summed E-state index contributed by atoms with van der Waals surface area (Å²) >= 11 is 0. The van der Waals surface area contributed by atoms with Crippen molar-refractivity contribution in [2.45, 2.75) is 6.92 Å². The van der Waals surface area contributed by atoms with Gasteiger partial charge in [0.05, 0.1) is 17.9 Å². The topological polar surface area (TPSA) is 75.1 Å². The second-order valence-electron chi connectivity index (χ2n) is 2.69. The van der Waals surface area contributed by atoms with E-state index in [-0.39, 0.29) is 6.61 Å². The predicted molar refractivity (Wildman–Crippen MR) is 51.1 cm³/mol. The monoisotopic (exact) mass is 227 g/mol. The Balaban J connectivity index is 3.24. The van der Waals surface area contributed by atoms with Crippen LogP contribution in [0.4, 0.5) is 14.5 Å². The fourth-order valence-corrected chi connectivity index (χ4v) is 1.03. The number of carbonyl (C=O) groups excluding carboxylic acids is 1. The third-order valence-electron chi connectivity index (χ3n) is 1.68. The van der Waals surface area contributed by atoms with Crippen LogP contribution >= 0.6 is 0 Å². The molecule has 16 heavy (non-hydrogen) atoms. The first-order valence-corrected chi connectivity index (χ1v) is 4.31. The molecule has 0 saturated carbocycles. The molecule has 5 nitrogen and oxygen atoms in total. The Labute approximate surface area is 89.3 Å². The summed E-state index contributed by atoms with van der Waals surface area (Å²) in [5, 5.41) is 2.98. The van der Waals surface area contributed by atoms with Crippen molar-refractivity contribution in [2.75, 3.05) is 6.61 Å². The molecule has 0 atom stereocenters. The summed E-state index contributed by atoms with van der Waals surface area (Å²) in [6.07, 6.45) is 0. The molecule has 84 valence electrons. The Morgan fingerprint density at radius 1 is 1.50 bits per heavy atom. The largest absolute Gasteiger partial charge is 0.462 e. The van der Waals surface area contributed by atoms with Gasteiger partial charge in [-0.1, -0.05) is 5.11 Å². The average molecular weight is 227 g/mol. The highest BCUT2D eigenvalue weighted by molar-refractivity contribution is 5.90. The third-order valence-corrected chi connectivity index (χ3v) is 1.68. The minimum absolute atomic E-state index is 0.0620. The highest BCUT2D eigenvalue weighted by atomic mass is 19.1. The van der Waals surface area contributed by atoms with Crippen LogP contribution in [-0.4, -0.2) is 12.6 Å². The Hall–Kier alpha value is -2.14. The molecule has 0 N–H and O–H groups in total. The van der Waals surface area contributed by atoms with Gasteiger partial charge in [0.15, 0.2) is 0 Å². The average Bonchev–Trinajstić information content (AvgIpc) is 2.22. The van der Waals surface area contributed by atoms with Crippen LogP contribution in [0.3, 0.4) is 0 Å². The van der Waals surface area contributed by atoms with Crippen LogP contribution in [0.1, 0.15) is 17.3 Å². The number of nitrogens with zero attached hydrogens (tertiary/aromatic N) is 3. The minimum atomic E-state index is -1.06. The lowest BCUT2D eigenvalue weighted by Gasteiger charge is -2.04. The Morgan fingerprint density at radius 3 is 2.75 bits per heavy atom. The molecule has 0 aliphatic rings. The van der Waals surface area contributed by atoms with Crippen LogP contribution in [0.15, 0.2) is 17.2 Å². The molecule has 0 unspecified atom stereocenters. The zero-order chi connectivity index (χ0) is 12.1. The van der Waals surface area contributed by atoms with E-state index in [9.17, 15) is 13.6 Å². The molecule has 0 aromatic heterocycles. The van der Waals surface area contributed by atoms with Gasteiger partial charge in [0.2, 0.25) is 0 Å². The van der Waals surface area contributed by atoms with Crippen molar-refractivity contribution in [3.63, 3.8) is 0 Å². The summed E-state index contributed by atoms with van der Waals surface area (Å²) in [6, 6.07) is 1.28. The quantitative estimate of drug-likeness (QED) is 0.344. The zero-order valence-electron chi connectivity index (χ0n) is 8.28. The zero-order valence-corrected chi connectivity index (χ0v) is 8.28. The predicted octanol–water partition coefficient (Wildman–Crippen LogP) is 3.08. The SMILES string of the molecule is CCOC(=O)c1cc(N=[N+]=[N-])c(F)cc1F. The standard InChI is InChI=1S/C9H7F2N3O2/c1-2-16-9(15)5-3-8(13-14-12)7(11)4-6(5)10/h3-4H,2H2,1H3. The smallest absolute Gasteiger partial charge is 0.341 e. The van der Waals surface area contributed by atoms with E-state index >= 15 is 0 Å². The van der Waals surface area contributed by atoms with Crippen molar-refractivity contribution in [3.05, 3.63) is 39.8 Å². The van der Waals surface area contributed by atoms with Crippen LogP contribution in [-0.2, 0) is 4.74 Å². The summed E-state index contributed by atoms with van der Waals surface area (Å²) in [7, 11) is 0. The van der Waals surface area contributed by atoms with E-state index < -0.39 is 28.9 Å². The number of hydrogen-bond donors (Lipinski definition) is 0. The van der Waals surface area contributed by atoms with Gasteiger partial charge in [-0.3, -0.25) is 0 Å². The molecule has 0 saturated heterocycles. The summed E-state index contributed by atoms with van der Waals surface area (Å²) < 4.78 is 30.7. The number of esters is 1. The van der Waals surface area contributed by atoms with Crippen LogP contribution < -0.4 is 0 Å². The van der Waals surface area contributed by atoms with Crippen LogP contribution in [0.2, 0.25) is 0 Å². The van der Waals surface area contributed by atoms with E-state index in [1.54, 1.807) is 6.92 Å². The number of azide groups is 1. The molecular weight excluding hydrogens is 220 g/mol. The molecule has 0 radical (unpaired) electrons. The lowest BCUT2D eigenvalue weighted by atomic mass is 10.2. The highest BCUT2D eigenvalue weighted by Gasteiger charge is 2.16. The van der Waals surface area contributed by atoms with Gasteiger partial charge in [-0.2, -0.15) is 0 Å². The van der Waals surface area contributed by atoms with Gasteiger partial charge >= 0.3 is 5.97 Å². The van der Waals surface area contributed by atoms with Crippen LogP contribution in [0, 0.1) is 11.6 Å². The first kappa shape index (κ1) is 11.9. The normalized spacial score (nSPS) is 9.44. The van der Waals surface area contributed by atoms with Crippen molar-refractivity contribution >= 4 is 11.7 Å². The maximum absolute atomic E-state index is 13.2. The molecule has 1 aromatic carbocycles. The van der Waals surface area contributed by atoms with Gasteiger partial charge in [0.1, 0.15) is 11.6 Å². The van der Waals surface area contributed by atoms with E-state index in [1.165, 1.54) is 0 Å². The second-order valence-corrected chi connectivity index (χ2v) is 2.69. The Morgan fingerprint density at radius 2 is 2.19 bits per heavy atom. The number of benzene rings is 1. The van der Waals surface area contributed by atoms with Gasteiger partial charge in [0, 0.05) is 11.0 Å². The van der Waals surface area contributed by atoms with Gasteiger partial charge in [-0.15, -0.1) is 0 Å². The van der Waals surface area contributed by atoms with E-state index in [0.29, 0.717) is 6.07 Å². The molecule has 1 aromatic rings. The van der Waals surface area contributed by atoms with Gasteiger partial charge < -0.3 is 4.74 Å². The molecule has 0 aliphatic carbocycles. The Kier molecular flexibility index (Phi) is 3.79. The molecule has 7 heteroatoms. The lowest BCUT2D eigenvalue weighted by Crippen LogP contribution is -2.07. The van der Waals surface area contributed by atoms with Crippen molar-refractivity contribution in [2.24, 2.45) is 5.11 Å². The number of halogens is 2. The number of ether oxygens (including phenoxy) is 1. The molecule has 0 aliphatic heterocycles. The summed E-state index contributed by atoms with van der Waals surface area (Å²) in [4.78, 5) is 13.6. The van der Waals surface area contributed by atoms with Crippen LogP contribution in [0.5, 0.6) is 0 Å². The Bertz CT molecular complexity index is 470. The van der Waals surface area contributed by atoms with Gasteiger partial charge in [-0.25, -0.2) is 13.6 Å². The molecule has 0 amide bonds. The van der Waals surface area contributed by atoms with Crippen molar-refractivity contribution in [1.29, 1.82) is 0 Å². The minimum Gasteiger partial charge on any atom is -0.462 e. The van der Waals surface area contributed by atoms with E-state index in [1.807, 2.05) is 0 Å². The van der Waals surface area contributed by atoms with E-state index in [4.69, 9.17) is 5.53 Å². The molecular formula is C9H7F2N3O2. The summed E-state index contributed by atoms with van der Waals surface area (Å²) in [5.41, 5.74) is 7.21. The third kappa shape index (κ3) is 2.46. The second kappa shape index (κ2) is 5.09. The van der Waals surface area contributed by atoms with Gasteiger partial charge in [-0.05, 0) is 18.5 Å². The van der Waals surface area contributed by atoms with Crippen LogP contribution in [0.25, 0.3) is 10.4 Å². The van der Waals surface area contributed by atoms with Gasteiger partial charge in [0.25, 0.3) is 0 Å². The fourth-order valence-electron chi connectivity index (χ4n) is 1.03. The van der Waals surface area contributed by atoms with Crippen molar-refractivity contribution in [1.82, 2.24) is 0 Å². The maximum Gasteiger partial charge on any atom is 0.341 e. The molecule has 1 rings (SSSR count). The summed E-state index contributed by atoms with van der Waals surface area (Å²) in [5.74, 6) is -3.04. The molecule has 0 spiro atoms. The first-order chi connectivity index (χ1) is 7.60.